The van der Waals surface area contributed by atoms with Gasteiger partial charge in [0.25, 0.3) is 5.91 Å². The first-order chi connectivity index (χ1) is 10.0. The van der Waals surface area contributed by atoms with Crippen LogP contribution in [0.2, 0.25) is 0 Å². The van der Waals surface area contributed by atoms with Crippen molar-refractivity contribution in [1.29, 1.82) is 0 Å². The van der Waals surface area contributed by atoms with Crippen LogP contribution in [0.5, 0.6) is 0 Å². The van der Waals surface area contributed by atoms with Gasteiger partial charge < -0.3 is 9.88 Å². The minimum Gasteiger partial charge on any atom is -0.356 e. The molecule has 0 spiro atoms. The number of rotatable bonds is 0. The van der Waals surface area contributed by atoms with E-state index in [4.69, 9.17) is 5.84 Å². The number of nitrogens with one attached hydrogen (secondary N) is 1. The van der Waals surface area contributed by atoms with Crippen molar-refractivity contribution in [2.75, 3.05) is 13.1 Å². The van der Waals surface area contributed by atoms with Crippen LogP contribution in [0.4, 0.5) is 0 Å². The number of carbonyl (C=O) groups excluding carboxylic acids is 2. The maximum absolute atomic E-state index is 12.7. The lowest BCUT2D eigenvalue weighted by molar-refractivity contribution is -0.166. The van der Waals surface area contributed by atoms with Crippen LogP contribution in [0.3, 0.4) is 0 Å². The number of piperazine rings is 1. The Labute approximate surface area is 121 Å². The third-order valence-electron chi connectivity index (χ3n) is 4.71. The number of nitrogens with two attached hydrogens (primary N) is 1. The van der Waals surface area contributed by atoms with Gasteiger partial charge >= 0.3 is 0 Å². The molecular formula is C15H16N4O2. The van der Waals surface area contributed by atoms with E-state index < -0.39 is 5.54 Å². The van der Waals surface area contributed by atoms with Gasteiger partial charge in [-0.15, -0.1) is 0 Å². The van der Waals surface area contributed by atoms with Gasteiger partial charge in [0.1, 0.15) is 6.54 Å². The maximum Gasteiger partial charge on any atom is 0.268 e. The van der Waals surface area contributed by atoms with Gasteiger partial charge in [-0.3, -0.25) is 14.6 Å². The molecule has 3 heterocycles. The molecule has 6 heteroatoms. The second-order valence-electron chi connectivity index (χ2n) is 5.82. The highest BCUT2D eigenvalue weighted by Crippen LogP contribution is 2.41. The van der Waals surface area contributed by atoms with Crippen molar-refractivity contribution in [3.8, 4) is 0 Å². The number of H-pyrrole nitrogens is 1. The fourth-order valence-electron chi connectivity index (χ4n) is 3.64. The Bertz CT molecular complexity index is 781. The van der Waals surface area contributed by atoms with Gasteiger partial charge in [0, 0.05) is 17.4 Å². The molecule has 2 amide bonds. The summed E-state index contributed by atoms with van der Waals surface area (Å²) in [6, 6.07) is 7.96. The molecule has 3 N–H and O–H groups in total. The number of para-hydroxylation sites is 1. The van der Waals surface area contributed by atoms with E-state index >= 15 is 0 Å². The summed E-state index contributed by atoms with van der Waals surface area (Å²) >= 11 is 0. The highest BCUT2D eigenvalue weighted by atomic mass is 16.2. The number of fused-ring (bicyclic) bond motifs is 5. The normalized spacial score (nSPS) is 25.2. The SMILES string of the molecule is CC12C(=O)N(N)CC(=O)N1CCc1c2[nH]c2ccccc12. The number of hydrazine groups is 1. The number of amides is 2. The minimum absolute atomic E-state index is 0.0516. The summed E-state index contributed by atoms with van der Waals surface area (Å²) in [6.45, 7) is 2.27. The fraction of sp³-hybridized carbons (Fsp3) is 0.333. The Morgan fingerprint density at radius 1 is 1.29 bits per heavy atom. The van der Waals surface area contributed by atoms with E-state index in [0.29, 0.717) is 6.54 Å². The van der Waals surface area contributed by atoms with E-state index in [1.807, 2.05) is 24.3 Å². The van der Waals surface area contributed by atoms with E-state index in [1.54, 1.807) is 11.8 Å². The van der Waals surface area contributed by atoms with Crippen molar-refractivity contribution in [2.24, 2.45) is 5.84 Å². The van der Waals surface area contributed by atoms with Crippen molar-refractivity contribution >= 4 is 22.7 Å². The quantitative estimate of drug-likeness (QED) is 0.545. The highest BCUT2D eigenvalue weighted by Gasteiger charge is 2.53. The second kappa shape index (κ2) is 3.85. The first-order valence-electron chi connectivity index (χ1n) is 7.00. The summed E-state index contributed by atoms with van der Waals surface area (Å²) in [5.41, 5.74) is 1.86. The van der Waals surface area contributed by atoms with Gasteiger partial charge in [0.15, 0.2) is 5.54 Å². The topological polar surface area (TPSA) is 82.4 Å². The number of aromatic nitrogens is 1. The molecule has 0 saturated carbocycles. The lowest BCUT2D eigenvalue weighted by atomic mass is 9.84. The van der Waals surface area contributed by atoms with Crippen LogP contribution in [-0.4, -0.2) is 39.8 Å². The number of nitrogens with zero attached hydrogens (tertiary/aromatic N) is 2. The lowest BCUT2D eigenvalue weighted by Crippen LogP contribution is -2.68. The van der Waals surface area contributed by atoms with Crippen LogP contribution in [0.25, 0.3) is 10.9 Å². The molecule has 2 aliphatic rings. The molecule has 2 aliphatic heterocycles. The standard InChI is InChI=1S/C15H16N4O2/c1-15-13-10(9-4-2-3-5-11(9)17-13)6-7-18(15)12(20)8-19(16)14(15)21/h2-5,17H,6-8,16H2,1H3. The summed E-state index contributed by atoms with van der Waals surface area (Å²) in [5.74, 6) is 5.39. The Kier molecular flexibility index (Phi) is 2.28. The van der Waals surface area contributed by atoms with Gasteiger partial charge in [0.05, 0.1) is 5.69 Å². The first-order valence-corrected chi connectivity index (χ1v) is 7.00. The number of carbonyl (C=O) groups is 2. The number of aromatic amines is 1. The third-order valence-corrected chi connectivity index (χ3v) is 4.71. The monoisotopic (exact) mass is 284 g/mol. The molecule has 6 nitrogen and oxygen atoms in total. The summed E-state index contributed by atoms with van der Waals surface area (Å²) in [5, 5.41) is 2.14. The largest absolute Gasteiger partial charge is 0.356 e. The van der Waals surface area contributed by atoms with Crippen molar-refractivity contribution in [1.82, 2.24) is 14.9 Å². The summed E-state index contributed by atoms with van der Waals surface area (Å²) in [7, 11) is 0. The van der Waals surface area contributed by atoms with Crippen LogP contribution in [0.1, 0.15) is 18.2 Å². The van der Waals surface area contributed by atoms with Gasteiger partial charge in [-0.05, 0) is 25.0 Å². The van der Waals surface area contributed by atoms with Crippen molar-refractivity contribution < 1.29 is 9.59 Å². The maximum atomic E-state index is 12.7. The van der Waals surface area contributed by atoms with Crippen molar-refractivity contribution in [2.45, 2.75) is 18.9 Å². The molecule has 1 atom stereocenters. The molecule has 21 heavy (non-hydrogen) atoms. The van der Waals surface area contributed by atoms with Crippen LogP contribution in [-0.2, 0) is 21.5 Å². The zero-order valence-electron chi connectivity index (χ0n) is 11.7. The van der Waals surface area contributed by atoms with Crippen LogP contribution < -0.4 is 5.84 Å². The molecule has 108 valence electrons. The molecule has 0 bridgehead atoms. The van der Waals surface area contributed by atoms with Crippen LogP contribution >= 0.6 is 0 Å². The Hall–Kier alpha value is -2.34. The molecule has 4 rings (SSSR count). The molecule has 0 radical (unpaired) electrons. The molecule has 1 saturated heterocycles. The average Bonchev–Trinajstić information content (AvgIpc) is 2.85. The predicted molar refractivity (Wildman–Crippen MR) is 77.0 cm³/mol. The molecular weight excluding hydrogens is 268 g/mol. The Morgan fingerprint density at radius 2 is 2.05 bits per heavy atom. The zero-order chi connectivity index (χ0) is 14.8. The van der Waals surface area contributed by atoms with E-state index in [1.165, 1.54) is 0 Å². The third kappa shape index (κ3) is 1.40. The summed E-state index contributed by atoms with van der Waals surface area (Å²) < 4.78 is 0. The molecule has 1 unspecified atom stereocenters. The number of hydrogen-bond donors (Lipinski definition) is 2. The predicted octanol–water partition coefficient (Wildman–Crippen LogP) is 0.484. The smallest absolute Gasteiger partial charge is 0.268 e. The van der Waals surface area contributed by atoms with Gasteiger partial charge in [-0.25, -0.2) is 5.84 Å². The van der Waals surface area contributed by atoms with Crippen LogP contribution in [0.15, 0.2) is 24.3 Å². The highest BCUT2D eigenvalue weighted by molar-refractivity contribution is 6.00. The van der Waals surface area contributed by atoms with E-state index in [9.17, 15) is 9.59 Å². The first kappa shape index (κ1) is 12.4. The van der Waals surface area contributed by atoms with E-state index in [0.717, 1.165) is 33.6 Å². The summed E-state index contributed by atoms with van der Waals surface area (Å²) in [4.78, 5) is 29.9. The average molecular weight is 284 g/mol. The zero-order valence-corrected chi connectivity index (χ0v) is 11.7. The van der Waals surface area contributed by atoms with E-state index in [2.05, 4.69) is 4.98 Å². The van der Waals surface area contributed by atoms with Crippen molar-refractivity contribution in [3.05, 3.63) is 35.5 Å². The minimum atomic E-state index is -1.03. The van der Waals surface area contributed by atoms with Gasteiger partial charge in [-0.2, -0.15) is 0 Å². The molecule has 2 aromatic rings. The molecule has 0 aliphatic carbocycles. The Balaban J connectivity index is 2.00. The second-order valence-corrected chi connectivity index (χ2v) is 5.82. The Morgan fingerprint density at radius 3 is 2.86 bits per heavy atom. The van der Waals surface area contributed by atoms with E-state index in [-0.39, 0.29) is 18.4 Å². The molecule has 1 aromatic carbocycles. The number of hydrogen-bond acceptors (Lipinski definition) is 3. The van der Waals surface area contributed by atoms with Gasteiger partial charge in [0.2, 0.25) is 5.91 Å². The molecule has 1 aromatic heterocycles. The molecule has 1 fully saturated rings. The van der Waals surface area contributed by atoms with Crippen molar-refractivity contribution in [3.63, 3.8) is 0 Å². The van der Waals surface area contributed by atoms with Crippen LogP contribution in [0, 0.1) is 0 Å². The fourth-order valence-corrected chi connectivity index (χ4v) is 3.64. The lowest BCUT2D eigenvalue weighted by Gasteiger charge is -2.48. The van der Waals surface area contributed by atoms with Gasteiger partial charge in [-0.1, -0.05) is 18.2 Å². The summed E-state index contributed by atoms with van der Waals surface area (Å²) in [6.07, 6.45) is 0.749. The number of benzene rings is 1.